The fraction of sp³-hybridized carbons (Fsp3) is 0.222. The number of carbonyl (C=O) groups excluding carboxylic acids is 1. The first-order valence-corrected chi connectivity index (χ1v) is 6.34. The Balaban J connectivity index is 1.75. The molecule has 2 heterocycles. The second-order valence-electron chi connectivity index (χ2n) is 2.94. The first-order chi connectivity index (χ1) is 8.63. The minimum absolute atomic E-state index is 0.189. The first-order valence-electron chi connectivity index (χ1n) is 4.58. The van der Waals surface area contributed by atoms with Crippen molar-refractivity contribution in [3.8, 4) is 0 Å². The second-order valence-corrected chi connectivity index (χ2v) is 4.54. The Kier molecular flexibility index (Phi) is 3.95. The lowest BCUT2D eigenvalue weighted by Crippen LogP contribution is -2.07. The molecule has 9 heteroatoms. The lowest BCUT2D eigenvalue weighted by atomic mass is 10.6. The molecule has 0 unspecified atom stereocenters. The van der Waals surface area contributed by atoms with Crippen LogP contribution in [0.2, 0.25) is 0 Å². The molecule has 0 saturated carbocycles. The number of ether oxygens (including phenoxy) is 2. The third-order valence-corrected chi connectivity index (χ3v) is 2.98. The van der Waals surface area contributed by atoms with Gasteiger partial charge in [0.05, 0.1) is 0 Å². The Labute approximate surface area is 107 Å². The molecule has 7 nitrogen and oxygen atoms in total. The molecule has 0 aromatic carbocycles. The van der Waals surface area contributed by atoms with Crippen LogP contribution in [0.4, 0.5) is 4.79 Å². The third-order valence-electron chi connectivity index (χ3n) is 1.67. The van der Waals surface area contributed by atoms with E-state index in [-0.39, 0.29) is 24.7 Å². The molecule has 0 fully saturated rings. The van der Waals surface area contributed by atoms with E-state index >= 15 is 0 Å². The molecule has 2 aromatic rings. The molecule has 96 valence electrons. The topological polar surface area (TPSA) is 96.0 Å². The van der Waals surface area contributed by atoms with Gasteiger partial charge in [0.1, 0.15) is 0 Å². The zero-order valence-electron chi connectivity index (χ0n) is 8.74. The summed E-state index contributed by atoms with van der Waals surface area (Å²) in [4.78, 5) is 31.6. The van der Waals surface area contributed by atoms with Gasteiger partial charge in [-0.1, -0.05) is 22.7 Å². The highest BCUT2D eigenvalue weighted by molar-refractivity contribution is 7.07. The summed E-state index contributed by atoms with van der Waals surface area (Å²) in [6.07, 6.45) is -0.947. The zero-order valence-corrected chi connectivity index (χ0v) is 10.4. The zero-order chi connectivity index (χ0) is 13.0. The van der Waals surface area contributed by atoms with Gasteiger partial charge in [-0.25, -0.2) is 14.4 Å². The molecule has 2 rings (SSSR count). The summed E-state index contributed by atoms with van der Waals surface area (Å²) in [6.45, 7) is -0.379. The number of rotatable bonds is 4. The van der Waals surface area contributed by atoms with Gasteiger partial charge < -0.3 is 18.3 Å². The van der Waals surface area contributed by atoms with Crippen molar-refractivity contribution in [3.05, 3.63) is 41.7 Å². The highest BCUT2D eigenvalue weighted by Gasteiger charge is 2.09. The second kappa shape index (κ2) is 5.65. The fourth-order valence-electron chi connectivity index (χ4n) is 0.967. The SMILES string of the molecule is O=C(OCc1csc(=O)o1)OCc1csc(=O)o1. The molecule has 0 aliphatic carbocycles. The van der Waals surface area contributed by atoms with Gasteiger partial charge >= 0.3 is 16.0 Å². The normalized spacial score (nSPS) is 10.2. The maximum absolute atomic E-state index is 11.1. The van der Waals surface area contributed by atoms with Gasteiger partial charge in [0.2, 0.25) is 0 Å². The Hall–Kier alpha value is -1.87. The van der Waals surface area contributed by atoms with Crippen LogP contribution in [0.25, 0.3) is 0 Å². The van der Waals surface area contributed by atoms with Crippen LogP contribution in [-0.4, -0.2) is 6.16 Å². The average Bonchev–Trinajstić information content (AvgIpc) is 2.93. The van der Waals surface area contributed by atoms with Crippen LogP contribution in [0, 0.1) is 0 Å². The van der Waals surface area contributed by atoms with E-state index in [0.29, 0.717) is 0 Å². The van der Waals surface area contributed by atoms with Gasteiger partial charge in [0.25, 0.3) is 0 Å². The van der Waals surface area contributed by atoms with E-state index in [4.69, 9.17) is 0 Å². The summed E-state index contributed by atoms with van der Waals surface area (Å²) >= 11 is 1.73. The maximum Gasteiger partial charge on any atom is 0.509 e. The summed E-state index contributed by atoms with van der Waals surface area (Å²) in [5.41, 5.74) is 0. The van der Waals surface area contributed by atoms with Crippen LogP contribution in [0.1, 0.15) is 11.5 Å². The van der Waals surface area contributed by atoms with Crippen molar-refractivity contribution in [2.45, 2.75) is 13.2 Å². The predicted octanol–water partition coefficient (Wildman–Crippen LogP) is 1.57. The molecule has 0 amide bonds. The molecule has 0 atom stereocenters. The van der Waals surface area contributed by atoms with Crippen LogP contribution < -0.4 is 9.88 Å². The highest BCUT2D eigenvalue weighted by atomic mass is 32.1. The van der Waals surface area contributed by atoms with E-state index < -0.39 is 16.0 Å². The van der Waals surface area contributed by atoms with Crippen molar-refractivity contribution in [1.29, 1.82) is 0 Å². The summed E-state index contributed by atoms with van der Waals surface area (Å²) in [6, 6.07) is 0. The summed E-state index contributed by atoms with van der Waals surface area (Å²) in [5.74, 6) is 0.480. The van der Waals surface area contributed by atoms with Crippen LogP contribution in [0.15, 0.2) is 29.2 Å². The van der Waals surface area contributed by atoms with E-state index in [9.17, 15) is 14.4 Å². The van der Waals surface area contributed by atoms with Crippen LogP contribution in [-0.2, 0) is 22.7 Å². The lowest BCUT2D eigenvalue weighted by molar-refractivity contribution is 0.0357. The summed E-state index contributed by atoms with van der Waals surface area (Å²) in [7, 11) is 0. The molecular formula is C9H6O7S2. The quantitative estimate of drug-likeness (QED) is 0.788. The largest absolute Gasteiger partial charge is 0.509 e. The van der Waals surface area contributed by atoms with E-state index in [1.54, 1.807) is 0 Å². The van der Waals surface area contributed by atoms with Crippen molar-refractivity contribution >= 4 is 28.8 Å². The first kappa shape index (κ1) is 12.6. The third kappa shape index (κ3) is 3.57. The standard InChI is InChI=1S/C9H6O7S2/c10-7(13-1-5-3-17-8(11)15-5)14-2-6-4-18-9(12)16-6/h3-4H,1-2H2. The van der Waals surface area contributed by atoms with Crippen molar-refractivity contribution in [2.75, 3.05) is 0 Å². The smallest absolute Gasteiger partial charge is 0.426 e. The van der Waals surface area contributed by atoms with Crippen molar-refractivity contribution in [3.63, 3.8) is 0 Å². The number of hydrogen-bond acceptors (Lipinski definition) is 9. The fourth-order valence-corrected chi connectivity index (χ4v) is 1.96. The minimum Gasteiger partial charge on any atom is -0.426 e. The highest BCUT2D eigenvalue weighted by Crippen LogP contribution is 2.05. The lowest BCUT2D eigenvalue weighted by Gasteiger charge is -2.02. The van der Waals surface area contributed by atoms with Gasteiger partial charge in [-0.15, -0.1) is 0 Å². The Morgan fingerprint density at radius 3 is 1.78 bits per heavy atom. The minimum atomic E-state index is -0.947. The molecule has 0 radical (unpaired) electrons. The Morgan fingerprint density at radius 1 is 1.00 bits per heavy atom. The Morgan fingerprint density at radius 2 is 1.44 bits per heavy atom. The Bertz CT molecular complexity index is 577. The van der Waals surface area contributed by atoms with E-state index in [0.717, 1.165) is 22.7 Å². The van der Waals surface area contributed by atoms with Crippen LogP contribution >= 0.6 is 22.7 Å². The molecule has 0 bridgehead atoms. The molecule has 0 N–H and O–H groups in total. The molecule has 0 aliphatic heterocycles. The average molecular weight is 290 g/mol. The van der Waals surface area contributed by atoms with Crippen molar-refractivity contribution in [2.24, 2.45) is 0 Å². The molecule has 0 saturated heterocycles. The van der Waals surface area contributed by atoms with Gasteiger partial charge in [0.15, 0.2) is 24.7 Å². The molecule has 0 spiro atoms. The molecule has 0 aliphatic rings. The van der Waals surface area contributed by atoms with Gasteiger partial charge in [0, 0.05) is 10.8 Å². The maximum atomic E-state index is 11.1. The predicted molar refractivity (Wildman–Crippen MR) is 60.7 cm³/mol. The van der Waals surface area contributed by atoms with Gasteiger partial charge in [-0.2, -0.15) is 0 Å². The van der Waals surface area contributed by atoms with Crippen LogP contribution in [0.3, 0.4) is 0 Å². The molecule has 18 heavy (non-hydrogen) atoms. The summed E-state index contributed by atoms with van der Waals surface area (Å²) < 4.78 is 18.7. The number of hydrogen-bond donors (Lipinski definition) is 0. The van der Waals surface area contributed by atoms with Gasteiger partial charge in [-0.3, -0.25) is 0 Å². The van der Waals surface area contributed by atoms with E-state index in [1.165, 1.54) is 10.8 Å². The van der Waals surface area contributed by atoms with Crippen molar-refractivity contribution < 1.29 is 23.1 Å². The van der Waals surface area contributed by atoms with E-state index in [1.807, 2.05) is 0 Å². The number of carbonyl (C=O) groups is 1. The van der Waals surface area contributed by atoms with E-state index in [2.05, 4.69) is 18.3 Å². The summed E-state index contributed by atoms with van der Waals surface area (Å²) in [5, 5.41) is 2.88. The van der Waals surface area contributed by atoms with Crippen molar-refractivity contribution in [1.82, 2.24) is 0 Å². The van der Waals surface area contributed by atoms with Gasteiger partial charge in [-0.05, 0) is 0 Å². The molecule has 2 aromatic heterocycles. The van der Waals surface area contributed by atoms with Crippen LogP contribution in [0.5, 0.6) is 0 Å². The molecular weight excluding hydrogens is 284 g/mol. The monoisotopic (exact) mass is 290 g/mol.